The zero-order chi connectivity index (χ0) is 11.7. The van der Waals surface area contributed by atoms with E-state index in [0.29, 0.717) is 0 Å². The summed E-state index contributed by atoms with van der Waals surface area (Å²) in [6, 6.07) is 0. The molecule has 0 saturated carbocycles. The molecule has 1 N–H and O–H groups in total. The molecule has 0 aromatic heterocycles. The molecular formula is C8H4F5NO. The fourth-order valence-corrected chi connectivity index (χ4v) is 0.929. The van der Waals surface area contributed by atoms with Gasteiger partial charge in [-0.1, -0.05) is 0 Å². The van der Waals surface area contributed by atoms with Crippen LogP contribution < -0.4 is 5.32 Å². The van der Waals surface area contributed by atoms with Gasteiger partial charge in [-0.05, 0) is 0 Å². The van der Waals surface area contributed by atoms with Crippen LogP contribution in [0.5, 0.6) is 0 Å². The third-order valence-corrected chi connectivity index (χ3v) is 1.66. The molecule has 1 aromatic rings. The number of halogens is 5. The molecule has 7 heteroatoms. The molecule has 0 fully saturated rings. The average Bonchev–Trinajstić information content (AvgIpc) is 2.23. The Morgan fingerprint density at radius 2 is 1.20 bits per heavy atom. The van der Waals surface area contributed by atoms with Crippen molar-refractivity contribution in [1.29, 1.82) is 0 Å². The second-order valence-corrected chi connectivity index (χ2v) is 2.52. The molecule has 0 aliphatic carbocycles. The molecule has 2 nitrogen and oxygen atoms in total. The predicted molar refractivity (Wildman–Crippen MR) is 39.6 cm³/mol. The van der Waals surface area contributed by atoms with E-state index in [-0.39, 0.29) is 0 Å². The van der Waals surface area contributed by atoms with Crippen LogP contribution in [-0.4, -0.2) is 13.0 Å². The van der Waals surface area contributed by atoms with Gasteiger partial charge in [0.05, 0.1) is 0 Å². The Labute approximate surface area is 80.7 Å². The first-order valence-electron chi connectivity index (χ1n) is 3.65. The van der Waals surface area contributed by atoms with Crippen molar-refractivity contribution in [1.82, 2.24) is 5.32 Å². The zero-order valence-electron chi connectivity index (χ0n) is 7.30. The summed E-state index contributed by atoms with van der Waals surface area (Å²) in [4.78, 5) is 10.8. The second-order valence-electron chi connectivity index (χ2n) is 2.52. The van der Waals surface area contributed by atoms with Crippen molar-refractivity contribution >= 4 is 5.91 Å². The van der Waals surface area contributed by atoms with E-state index < -0.39 is 40.6 Å². The number of amides is 1. The summed E-state index contributed by atoms with van der Waals surface area (Å²) in [6.07, 6.45) is 0. The van der Waals surface area contributed by atoms with E-state index in [0.717, 1.165) is 7.05 Å². The number of nitrogens with one attached hydrogen (secondary N) is 1. The summed E-state index contributed by atoms with van der Waals surface area (Å²) in [5, 5.41) is 1.76. The van der Waals surface area contributed by atoms with Crippen molar-refractivity contribution < 1.29 is 26.7 Å². The Kier molecular flexibility index (Phi) is 2.92. The maximum absolute atomic E-state index is 12.9. The first kappa shape index (κ1) is 11.4. The smallest absolute Gasteiger partial charge is 0.257 e. The lowest BCUT2D eigenvalue weighted by molar-refractivity contribution is 0.0951. The van der Waals surface area contributed by atoms with Gasteiger partial charge in [-0.2, -0.15) is 0 Å². The first-order valence-corrected chi connectivity index (χ1v) is 3.65. The van der Waals surface area contributed by atoms with Crippen LogP contribution in [0, 0.1) is 29.1 Å². The quantitative estimate of drug-likeness (QED) is 0.440. The van der Waals surface area contributed by atoms with E-state index in [9.17, 15) is 26.7 Å². The average molecular weight is 225 g/mol. The van der Waals surface area contributed by atoms with Crippen molar-refractivity contribution in [2.24, 2.45) is 0 Å². The Morgan fingerprint density at radius 1 is 0.867 bits per heavy atom. The summed E-state index contributed by atoms with van der Waals surface area (Å²) in [6.45, 7) is 0. The van der Waals surface area contributed by atoms with Gasteiger partial charge >= 0.3 is 0 Å². The van der Waals surface area contributed by atoms with Crippen LogP contribution in [0.15, 0.2) is 0 Å². The number of hydrogen-bond donors (Lipinski definition) is 1. The van der Waals surface area contributed by atoms with Crippen LogP contribution in [0.1, 0.15) is 10.4 Å². The molecule has 0 saturated heterocycles. The molecule has 1 aromatic carbocycles. The van der Waals surface area contributed by atoms with Gasteiger partial charge in [-0.25, -0.2) is 22.0 Å². The minimum atomic E-state index is -2.29. The van der Waals surface area contributed by atoms with E-state index in [2.05, 4.69) is 0 Å². The maximum Gasteiger partial charge on any atom is 0.257 e. The van der Waals surface area contributed by atoms with Crippen molar-refractivity contribution in [3.63, 3.8) is 0 Å². The van der Waals surface area contributed by atoms with Crippen LogP contribution in [0.25, 0.3) is 0 Å². The summed E-state index contributed by atoms with van der Waals surface area (Å²) in [7, 11) is 1.00. The summed E-state index contributed by atoms with van der Waals surface area (Å²) >= 11 is 0. The fourth-order valence-electron chi connectivity index (χ4n) is 0.929. The molecule has 0 aliphatic rings. The fraction of sp³-hybridized carbons (Fsp3) is 0.125. The third kappa shape index (κ3) is 1.64. The van der Waals surface area contributed by atoms with Gasteiger partial charge in [0.1, 0.15) is 5.56 Å². The van der Waals surface area contributed by atoms with Crippen molar-refractivity contribution in [3.05, 3.63) is 34.6 Å². The largest absolute Gasteiger partial charge is 0.355 e. The molecule has 1 amide bonds. The van der Waals surface area contributed by atoms with Crippen LogP contribution in [0.3, 0.4) is 0 Å². The van der Waals surface area contributed by atoms with Gasteiger partial charge in [-0.3, -0.25) is 4.79 Å². The number of rotatable bonds is 1. The van der Waals surface area contributed by atoms with E-state index in [4.69, 9.17) is 0 Å². The van der Waals surface area contributed by atoms with Gasteiger partial charge in [0, 0.05) is 7.05 Å². The van der Waals surface area contributed by atoms with Crippen LogP contribution in [0.4, 0.5) is 22.0 Å². The van der Waals surface area contributed by atoms with Crippen molar-refractivity contribution in [3.8, 4) is 0 Å². The minimum absolute atomic E-state index is 1.00. The predicted octanol–water partition coefficient (Wildman–Crippen LogP) is 1.74. The zero-order valence-corrected chi connectivity index (χ0v) is 7.30. The van der Waals surface area contributed by atoms with Gasteiger partial charge in [0.25, 0.3) is 5.91 Å². The van der Waals surface area contributed by atoms with Crippen molar-refractivity contribution in [2.45, 2.75) is 0 Å². The van der Waals surface area contributed by atoms with Gasteiger partial charge in [-0.15, -0.1) is 0 Å². The molecule has 15 heavy (non-hydrogen) atoms. The molecule has 1 rings (SSSR count). The van der Waals surface area contributed by atoms with Gasteiger partial charge in [0.2, 0.25) is 5.82 Å². The van der Waals surface area contributed by atoms with Crippen LogP contribution in [0.2, 0.25) is 0 Å². The maximum atomic E-state index is 12.9. The van der Waals surface area contributed by atoms with E-state index >= 15 is 0 Å². The SMILES string of the molecule is CNC(=O)c1c(F)c(F)c(F)c(F)c1F. The summed E-state index contributed by atoms with van der Waals surface area (Å²) in [5.74, 6) is -12.3. The lowest BCUT2D eigenvalue weighted by Crippen LogP contribution is -2.23. The number of hydrogen-bond acceptors (Lipinski definition) is 1. The Balaban J connectivity index is 3.60. The standard InChI is InChI=1S/C8H4F5NO/c1-14-8(15)2-3(9)5(11)7(13)6(12)4(2)10/h1H3,(H,14,15). The van der Waals surface area contributed by atoms with E-state index in [1.165, 1.54) is 0 Å². The Morgan fingerprint density at radius 3 is 1.53 bits per heavy atom. The summed E-state index contributed by atoms with van der Waals surface area (Å²) in [5.41, 5.74) is -1.49. The normalized spacial score (nSPS) is 10.3. The van der Waals surface area contributed by atoms with Gasteiger partial charge in [0.15, 0.2) is 23.3 Å². The number of carbonyl (C=O) groups excluding carboxylic acids is 1. The molecule has 0 bridgehead atoms. The lowest BCUT2D eigenvalue weighted by Gasteiger charge is -2.06. The summed E-state index contributed by atoms with van der Waals surface area (Å²) < 4.78 is 63.3. The van der Waals surface area contributed by atoms with Crippen LogP contribution in [-0.2, 0) is 0 Å². The number of benzene rings is 1. The van der Waals surface area contributed by atoms with E-state index in [1.807, 2.05) is 0 Å². The highest BCUT2D eigenvalue weighted by molar-refractivity contribution is 5.94. The molecule has 82 valence electrons. The molecular weight excluding hydrogens is 221 g/mol. The monoisotopic (exact) mass is 225 g/mol. The molecule has 0 aliphatic heterocycles. The molecule has 0 heterocycles. The van der Waals surface area contributed by atoms with Crippen molar-refractivity contribution in [2.75, 3.05) is 7.05 Å². The molecule has 0 atom stereocenters. The first-order chi connectivity index (χ1) is 6.91. The Bertz CT molecular complexity index is 403. The van der Waals surface area contributed by atoms with Crippen LogP contribution >= 0.6 is 0 Å². The highest BCUT2D eigenvalue weighted by Gasteiger charge is 2.28. The topological polar surface area (TPSA) is 29.1 Å². The highest BCUT2D eigenvalue weighted by atomic mass is 19.2. The second kappa shape index (κ2) is 3.84. The van der Waals surface area contributed by atoms with Gasteiger partial charge < -0.3 is 5.32 Å². The molecule has 0 unspecified atom stereocenters. The third-order valence-electron chi connectivity index (χ3n) is 1.66. The highest BCUT2D eigenvalue weighted by Crippen LogP contribution is 2.22. The molecule has 0 spiro atoms. The number of carbonyl (C=O) groups is 1. The Hall–Kier alpha value is -1.66. The minimum Gasteiger partial charge on any atom is -0.355 e. The molecule has 0 radical (unpaired) electrons. The lowest BCUT2D eigenvalue weighted by atomic mass is 10.1. The van der Waals surface area contributed by atoms with E-state index in [1.54, 1.807) is 5.32 Å².